The number of nitrogens with zero attached hydrogens (tertiary/aromatic N) is 1. The Labute approximate surface area is 131 Å². The van der Waals surface area contributed by atoms with Gasteiger partial charge in [0, 0.05) is 12.6 Å². The van der Waals surface area contributed by atoms with Crippen LogP contribution in [-0.2, 0) is 25.7 Å². The Kier molecular flexibility index (Phi) is 8.11. The Bertz CT molecular complexity index is 483. The van der Waals surface area contributed by atoms with E-state index in [4.69, 9.17) is 14.3 Å². The van der Waals surface area contributed by atoms with Gasteiger partial charge in [0.2, 0.25) is 0 Å². The summed E-state index contributed by atoms with van der Waals surface area (Å²) in [6.07, 6.45) is 3.35. The Morgan fingerprint density at radius 2 is 1.86 bits per heavy atom. The summed E-state index contributed by atoms with van der Waals surface area (Å²) in [7, 11) is 0. The van der Waals surface area contributed by atoms with E-state index in [-0.39, 0.29) is 18.2 Å². The molecule has 2 rings (SSSR count). The molecule has 1 aromatic carbocycles. The van der Waals surface area contributed by atoms with Crippen LogP contribution in [0.5, 0.6) is 0 Å². The fraction of sp³-hybridized carbons (Fsp3) is 0.529. The first kappa shape index (κ1) is 18.1. The Morgan fingerprint density at radius 3 is 2.41 bits per heavy atom. The van der Waals surface area contributed by atoms with Crippen molar-refractivity contribution in [1.82, 2.24) is 4.90 Å². The van der Waals surface area contributed by atoms with Crippen LogP contribution in [0.15, 0.2) is 30.3 Å². The molecule has 1 fully saturated rings. The van der Waals surface area contributed by atoms with Gasteiger partial charge in [-0.25, -0.2) is 0 Å². The predicted octanol–water partition coefficient (Wildman–Crippen LogP) is 2.41. The molecule has 0 radical (unpaired) electrons. The number of esters is 1. The summed E-state index contributed by atoms with van der Waals surface area (Å²) in [5.74, 6) is -0.0608. The number of ether oxygens (including phenoxy) is 1. The van der Waals surface area contributed by atoms with Gasteiger partial charge in [-0.2, -0.15) is 9.59 Å². The molecule has 0 spiro atoms. The second kappa shape index (κ2) is 9.87. The summed E-state index contributed by atoms with van der Waals surface area (Å²) in [6, 6.07) is 10.8. The lowest BCUT2D eigenvalue weighted by atomic mass is 10.1. The van der Waals surface area contributed by atoms with Gasteiger partial charge in [-0.15, -0.1) is 0 Å². The molecule has 1 aromatic rings. The molecular weight excluding hydrogens is 282 g/mol. The molecule has 0 N–H and O–H groups in total. The zero-order valence-corrected chi connectivity index (χ0v) is 13.2. The molecule has 1 aliphatic heterocycles. The third kappa shape index (κ3) is 5.10. The van der Waals surface area contributed by atoms with Crippen molar-refractivity contribution in [2.75, 3.05) is 6.61 Å². The monoisotopic (exact) mass is 305 g/mol. The first-order chi connectivity index (χ1) is 10.7. The van der Waals surface area contributed by atoms with Crippen molar-refractivity contribution in [3.05, 3.63) is 35.9 Å². The molecule has 120 valence electrons. The van der Waals surface area contributed by atoms with Crippen LogP contribution in [0.2, 0.25) is 0 Å². The minimum Gasteiger partial charge on any atom is -0.465 e. The number of likely N-dealkylation sites (tertiary alicyclic amines) is 1. The Balaban J connectivity index is 0.000000745. The van der Waals surface area contributed by atoms with Gasteiger partial charge in [-0.1, -0.05) is 37.3 Å². The van der Waals surface area contributed by atoms with Crippen LogP contribution in [0.4, 0.5) is 0 Å². The Morgan fingerprint density at radius 1 is 1.23 bits per heavy atom. The van der Waals surface area contributed by atoms with Crippen LogP contribution in [0.3, 0.4) is 0 Å². The summed E-state index contributed by atoms with van der Waals surface area (Å²) in [5.41, 5.74) is 1.26. The van der Waals surface area contributed by atoms with E-state index in [0.717, 1.165) is 25.8 Å². The van der Waals surface area contributed by atoms with Crippen LogP contribution in [0.1, 0.15) is 38.7 Å². The first-order valence-corrected chi connectivity index (χ1v) is 7.63. The molecule has 0 amide bonds. The van der Waals surface area contributed by atoms with Crippen LogP contribution in [-0.4, -0.2) is 35.7 Å². The zero-order chi connectivity index (χ0) is 16.4. The fourth-order valence-corrected chi connectivity index (χ4v) is 2.90. The average Bonchev–Trinajstić information content (AvgIpc) is 2.92. The van der Waals surface area contributed by atoms with Gasteiger partial charge in [0.15, 0.2) is 0 Å². The minimum atomic E-state index is -0.0647. The van der Waals surface area contributed by atoms with Crippen molar-refractivity contribution in [2.24, 2.45) is 0 Å². The van der Waals surface area contributed by atoms with Crippen LogP contribution >= 0.6 is 0 Å². The van der Waals surface area contributed by atoms with E-state index in [1.807, 2.05) is 25.1 Å². The maximum Gasteiger partial charge on any atom is 0.373 e. The molecule has 0 saturated carbocycles. The second-order valence-corrected chi connectivity index (χ2v) is 5.15. The van der Waals surface area contributed by atoms with Crippen molar-refractivity contribution < 1.29 is 19.1 Å². The summed E-state index contributed by atoms with van der Waals surface area (Å²) in [4.78, 5) is 30.6. The normalized spacial score (nSPS) is 20.6. The van der Waals surface area contributed by atoms with E-state index in [9.17, 15) is 4.79 Å². The van der Waals surface area contributed by atoms with E-state index in [1.54, 1.807) is 0 Å². The summed E-state index contributed by atoms with van der Waals surface area (Å²) >= 11 is 0. The van der Waals surface area contributed by atoms with Crippen LogP contribution < -0.4 is 0 Å². The van der Waals surface area contributed by atoms with Gasteiger partial charge < -0.3 is 4.74 Å². The van der Waals surface area contributed by atoms with Gasteiger partial charge >= 0.3 is 12.1 Å². The van der Waals surface area contributed by atoms with Crippen molar-refractivity contribution in [3.8, 4) is 0 Å². The van der Waals surface area contributed by atoms with Gasteiger partial charge in [0.25, 0.3) is 0 Å². The topological polar surface area (TPSA) is 63.7 Å². The van der Waals surface area contributed by atoms with Crippen LogP contribution in [0, 0.1) is 0 Å². The summed E-state index contributed by atoms with van der Waals surface area (Å²) in [5, 5.41) is 0. The van der Waals surface area contributed by atoms with E-state index in [2.05, 4.69) is 24.0 Å². The quantitative estimate of drug-likeness (QED) is 0.782. The molecule has 0 aromatic heterocycles. The Hall–Kier alpha value is -1.97. The molecule has 1 heterocycles. The van der Waals surface area contributed by atoms with E-state index in [1.165, 1.54) is 5.56 Å². The predicted molar refractivity (Wildman–Crippen MR) is 80.7 cm³/mol. The number of carbonyl (C=O) groups is 1. The number of rotatable bonds is 5. The average molecular weight is 305 g/mol. The third-order valence-corrected chi connectivity index (χ3v) is 3.88. The van der Waals surface area contributed by atoms with E-state index >= 15 is 0 Å². The van der Waals surface area contributed by atoms with Crippen molar-refractivity contribution >= 4 is 12.1 Å². The smallest absolute Gasteiger partial charge is 0.373 e. The van der Waals surface area contributed by atoms with E-state index < -0.39 is 0 Å². The standard InChI is InChI=1S/C16H23NO2.CO2/c1-3-14-10-11-15(16(18)19-4-2)17(14)12-13-8-6-5-7-9-13;2-1-3/h5-9,14-15H,3-4,10-12H2,1-2H3;/t14-,15-;/m0./s1. The molecule has 0 aliphatic carbocycles. The first-order valence-electron chi connectivity index (χ1n) is 7.63. The SMILES string of the molecule is CCOC(=O)[C@@H]1CC[C@H](CC)N1Cc1ccccc1.O=C=O. The van der Waals surface area contributed by atoms with Crippen LogP contribution in [0.25, 0.3) is 0 Å². The molecule has 1 aliphatic rings. The van der Waals surface area contributed by atoms with Crippen molar-refractivity contribution in [3.63, 3.8) is 0 Å². The fourth-order valence-electron chi connectivity index (χ4n) is 2.90. The molecular formula is C17H23NO4. The molecule has 5 nitrogen and oxygen atoms in total. The molecule has 2 atom stereocenters. The van der Waals surface area contributed by atoms with Gasteiger partial charge in [-0.3, -0.25) is 9.69 Å². The summed E-state index contributed by atoms with van der Waals surface area (Å²) < 4.78 is 5.21. The molecule has 5 heteroatoms. The van der Waals surface area contributed by atoms with Crippen molar-refractivity contribution in [2.45, 2.75) is 51.7 Å². The minimum absolute atomic E-state index is 0.0608. The van der Waals surface area contributed by atoms with Gasteiger partial charge in [-0.05, 0) is 31.7 Å². The summed E-state index contributed by atoms with van der Waals surface area (Å²) in [6.45, 7) is 5.36. The highest BCUT2D eigenvalue weighted by Crippen LogP contribution is 2.28. The zero-order valence-electron chi connectivity index (χ0n) is 13.2. The van der Waals surface area contributed by atoms with Crippen molar-refractivity contribution in [1.29, 1.82) is 0 Å². The second-order valence-electron chi connectivity index (χ2n) is 5.15. The molecule has 1 saturated heterocycles. The number of carbonyl (C=O) groups excluding carboxylic acids is 3. The third-order valence-electron chi connectivity index (χ3n) is 3.88. The van der Waals surface area contributed by atoms with Gasteiger partial charge in [0.05, 0.1) is 6.61 Å². The highest BCUT2D eigenvalue weighted by molar-refractivity contribution is 5.76. The largest absolute Gasteiger partial charge is 0.465 e. The maximum atomic E-state index is 12.0. The number of hydrogen-bond donors (Lipinski definition) is 0. The lowest BCUT2D eigenvalue weighted by molar-refractivity contribution is -0.191. The molecule has 0 unspecified atom stereocenters. The lowest BCUT2D eigenvalue weighted by Gasteiger charge is -2.28. The molecule has 0 bridgehead atoms. The van der Waals surface area contributed by atoms with E-state index in [0.29, 0.717) is 12.6 Å². The van der Waals surface area contributed by atoms with Gasteiger partial charge in [0.1, 0.15) is 6.04 Å². The highest BCUT2D eigenvalue weighted by atomic mass is 16.5. The molecule has 22 heavy (non-hydrogen) atoms. The number of benzene rings is 1. The lowest BCUT2D eigenvalue weighted by Crippen LogP contribution is -2.40. The highest BCUT2D eigenvalue weighted by Gasteiger charge is 2.37. The maximum absolute atomic E-state index is 12.0. The number of hydrogen-bond acceptors (Lipinski definition) is 5.